The van der Waals surface area contributed by atoms with Crippen molar-refractivity contribution in [1.82, 2.24) is 14.8 Å². The van der Waals surface area contributed by atoms with Crippen molar-refractivity contribution in [3.63, 3.8) is 0 Å². The third-order valence-electron chi connectivity index (χ3n) is 5.02. The molecule has 0 fully saturated rings. The number of carbonyl (C=O) groups is 1. The van der Waals surface area contributed by atoms with Gasteiger partial charge in [0, 0.05) is 30.3 Å². The van der Waals surface area contributed by atoms with Gasteiger partial charge >= 0.3 is 0 Å². The molecule has 0 saturated heterocycles. The number of nitrogens with one attached hydrogen (secondary N) is 1. The van der Waals surface area contributed by atoms with Crippen LogP contribution in [0.1, 0.15) is 42.2 Å². The Bertz CT molecular complexity index is 1030. The summed E-state index contributed by atoms with van der Waals surface area (Å²) in [5, 5.41) is 11.7. The molecule has 3 aromatic rings. The SMILES string of the molecule is Cc1ccc(/C=C/C(=O)Nc2cc(-c3nnc4n3CCCCC4)ccc2C)o1. The van der Waals surface area contributed by atoms with Gasteiger partial charge in [-0.15, -0.1) is 10.2 Å². The van der Waals surface area contributed by atoms with Crippen molar-refractivity contribution in [3.05, 3.63) is 59.3 Å². The van der Waals surface area contributed by atoms with Crippen LogP contribution in [0.25, 0.3) is 17.5 Å². The zero-order valence-corrected chi connectivity index (χ0v) is 16.2. The molecule has 0 saturated carbocycles. The molecule has 2 aromatic heterocycles. The number of aryl methyl sites for hydroxylation is 3. The summed E-state index contributed by atoms with van der Waals surface area (Å²) < 4.78 is 7.66. The molecule has 4 rings (SSSR count). The molecule has 1 N–H and O–H groups in total. The Balaban J connectivity index is 1.55. The lowest BCUT2D eigenvalue weighted by molar-refractivity contribution is -0.111. The Morgan fingerprint density at radius 2 is 2.04 bits per heavy atom. The number of furan rings is 1. The highest BCUT2D eigenvalue weighted by Gasteiger charge is 2.16. The van der Waals surface area contributed by atoms with Gasteiger partial charge in [-0.25, -0.2) is 0 Å². The van der Waals surface area contributed by atoms with Crippen molar-refractivity contribution in [3.8, 4) is 11.4 Å². The van der Waals surface area contributed by atoms with Gasteiger partial charge < -0.3 is 14.3 Å². The second-order valence-corrected chi connectivity index (χ2v) is 7.20. The van der Waals surface area contributed by atoms with Gasteiger partial charge in [-0.3, -0.25) is 4.79 Å². The van der Waals surface area contributed by atoms with E-state index in [-0.39, 0.29) is 5.91 Å². The van der Waals surface area contributed by atoms with Crippen LogP contribution in [0.3, 0.4) is 0 Å². The van der Waals surface area contributed by atoms with Gasteiger partial charge in [-0.1, -0.05) is 18.6 Å². The highest BCUT2D eigenvalue weighted by molar-refractivity contribution is 6.02. The van der Waals surface area contributed by atoms with Crippen LogP contribution in [0.15, 0.2) is 40.8 Å². The fourth-order valence-electron chi connectivity index (χ4n) is 3.47. The first-order valence-corrected chi connectivity index (χ1v) is 9.69. The number of anilines is 1. The third kappa shape index (κ3) is 3.91. The zero-order valence-electron chi connectivity index (χ0n) is 16.2. The molecule has 144 valence electrons. The molecule has 1 amide bonds. The van der Waals surface area contributed by atoms with E-state index in [1.165, 1.54) is 12.5 Å². The van der Waals surface area contributed by atoms with E-state index in [9.17, 15) is 4.79 Å². The summed E-state index contributed by atoms with van der Waals surface area (Å²) in [6.07, 6.45) is 7.64. The van der Waals surface area contributed by atoms with Crippen molar-refractivity contribution < 1.29 is 9.21 Å². The van der Waals surface area contributed by atoms with E-state index in [0.717, 1.165) is 60.0 Å². The molecule has 1 aliphatic heterocycles. The second kappa shape index (κ2) is 7.84. The van der Waals surface area contributed by atoms with Crippen LogP contribution in [0, 0.1) is 13.8 Å². The topological polar surface area (TPSA) is 73.0 Å². The number of benzene rings is 1. The van der Waals surface area contributed by atoms with Crippen molar-refractivity contribution in [1.29, 1.82) is 0 Å². The molecule has 1 aromatic carbocycles. The minimum absolute atomic E-state index is 0.200. The molecule has 0 spiro atoms. The summed E-state index contributed by atoms with van der Waals surface area (Å²) in [6, 6.07) is 9.71. The average Bonchev–Trinajstić information content (AvgIpc) is 3.21. The number of carbonyl (C=O) groups excluding carboxylic acids is 1. The fraction of sp³-hybridized carbons (Fsp3) is 0.318. The Morgan fingerprint density at radius 1 is 1.14 bits per heavy atom. The van der Waals surface area contributed by atoms with Crippen molar-refractivity contribution in [2.24, 2.45) is 0 Å². The largest absolute Gasteiger partial charge is 0.462 e. The maximum Gasteiger partial charge on any atom is 0.248 e. The molecule has 0 unspecified atom stereocenters. The lowest BCUT2D eigenvalue weighted by atomic mass is 10.1. The van der Waals surface area contributed by atoms with E-state index in [2.05, 4.69) is 20.1 Å². The lowest BCUT2D eigenvalue weighted by Gasteiger charge is -2.11. The first-order valence-electron chi connectivity index (χ1n) is 9.69. The molecular formula is C22H24N4O2. The number of rotatable bonds is 4. The van der Waals surface area contributed by atoms with E-state index >= 15 is 0 Å². The summed E-state index contributed by atoms with van der Waals surface area (Å²) in [7, 11) is 0. The molecule has 6 nitrogen and oxygen atoms in total. The van der Waals surface area contributed by atoms with Gasteiger partial charge in [0.15, 0.2) is 5.82 Å². The van der Waals surface area contributed by atoms with E-state index in [4.69, 9.17) is 4.42 Å². The van der Waals surface area contributed by atoms with Crippen molar-refractivity contribution in [2.75, 3.05) is 5.32 Å². The maximum atomic E-state index is 12.3. The smallest absolute Gasteiger partial charge is 0.248 e. The number of nitrogens with zero attached hydrogens (tertiary/aromatic N) is 3. The number of hydrogen-bond acceptors (Lipinski definition) is 4. The number of amides is 1. The number of fused-ring (bicyclic) bond motifs is 1. The summed E-state index contributed by atoms with van der Waals surface area (Å²) in [5.74, 6) is 3.19. The average molecular weight is 376 g/mol. The first-order chi connectivity index (χ1) is 13.6. The Morgan fingerprint density at radius 3 is 2.86 bits per heavy atom. The van der Waals surface area contributed by atoms with Gasteiger partial charge in [0.05, 0.1) is 0 Å². The van der Waals surface area contributed by atoms with Gasteiger partial charge in [0.25, 0.3) is 0 Å². The van der Waals surface area contributed by atoms with Crippen LogP contribution in [0.4, 0.5) is 5.69 Å². The van der Waals surface area contributed by atoms with Crippen LogP contribution in [0.5, 0.6) is 0 Å². The quantitative estimate of drug-likeness (QED) is 0.679. The highest BCUT2D eigenvalue weighted by atomic mass is 16.3. The highest BCUT2D eigenvalue weighted by Crippen LogP contribution is 2.27. The molecule has 0 atom stereocenters. The van der Waals surface area contributed by atoms with Crippen molar-refractivity contribution in [2.45, 2.75) is 46.1 Å². The van der Waals surface area contributed by atoms with Gasteiger partial charge in [0.2, 0.25) is 5.91 Å². The first kappa shape index (κ1) is 18.2. The Labute approximate surface area is 164 Å². The molecule has 0 aliphatic carbocycles. The van der Waals surface area contributed by atoms with Crippen LogP contribution in [-0.4, -0.2) is 20.7 Å². The van der Waals surface area contributed by atoms with E-state index in [0.29, 0.717) is 5.76 Å². The zero-order chi connectivity index (χ0) is 19.5. The standard InChI is InChI=1S/C22H24N4O2/c1-15-7-9-17(22-25-24-20-6-4-3-5-13-26(20)22)14-19(15)23-21(27)12-11-18-10-8-16(2)28-18/h7-12,14H,3-6,13H2,1-2H3,(H,23,27)/b12-11+. The van der Waals surface area contributed by atoms with Crippen LogP contribution in [-0.2, 0) is 17.8 Å². The minimum Gasteiger partial charge on any atom is -0.462 e. The summed E-state index contributed by atoms with van der Waals surface area (Å²) in [6.45, 7) is 4.79. The number of aromatic nitrogens is 3. The normalized spacial score (nSPS) is 14.1. The van der Waals surface area contributed by atoms with Gasteiger partial charge in [-0.2, -0.15) is 0 Å². The van der Waals surface area contributed by atoms with Gasteiger partial charge in [-0.05, 0) is 56.5 Å². The summed E-state index contributed by atoms with van der Waals surface area (Å²) in [4.78, 5) is 12.3. The van der Waals surface area contributed by atoms with Gasteiger partial charge in [0.1, 0.15) is 17.3 Å². The predicted molar refractivity (Wildman–Crippen MR) is 109 cm³/mol. The van der Waals surface area contributed by atoms with E-state index in [1.807, 2.05) is 44.2 Å². The molecule has 6 heteroatoms. The third-order valence-corrected chi connectivity index (χ3v) is 5.02. The molecule has 1 aliphatic rings. The van der Waals surface area contributed by atoms with Crippen LogP contribution < -0.4 is 5.32 Å². The number of hydrogen-bond donors (Lipinski definition) is 1. The fourth-order valence-corrected chi connectivity index (χ4v) is 3.47. The minimum atomic E-state index is -0.200. The summed E-state index contributed by atoms with van der Waals surface area (Å²) in [5.41, 5.74) is 2.73. The second-order valence-electron chi connectivity index (χ2n) is 7.20. The molecule has 0 radical (unpaired) electrons. The monoisotopic (exact) mass is 376 g/mol. The lowest BCUT2D eigenvalue weighted by Crippen LogP contribution is -2.09. The molecule has 28 heavy (non-hydrogen) atoms. The maximum absolute atomic E-state index is 12.3. The van der Waals surface area contributed by atoms with E-state index < -0.39 is 0 Å². The Hall–Kier alpha value is -3.15. The molecule has 0 bridgehead atoms. The predicted octanol–water partition coefficient (Wildman–Crippen LogP) is 4.53. The Kier molecular flexibility index (Phi) is 5.10. The molecular weight excluding hydrogens is 352 g/mol. The molecule has 3 heterocycles. The summed E-state index contributed by atoms with van der Waals surface area (Å²) >= 11 is 0. The van der Waals surface area contributed by atoms with E-state index in [1.54, 1.807) is 6.08 Å². The van der Waals surface area contributed by atoms with Crippen molar-refractivity contribution >= 4 is 17.7 Å². The van der Waals surface area contributed by atoms with Crippen LogP contribution in [0.2, 0.25) is 0 Å². The van der Waals surface area contributed by atoms with Crippen LogP contribution >= 0.6 is 0 Å².